The number of thiophene rings is 2. The van der Waals surface area contributed by atoms with Crippen LogP contribution in [0.2, 0.25) is 0 Å². The Morgan fingerprint density at radius 2 is 2.19 bits per heavy atom. The van der Waals surface area contributed by atoms with Gasteiger partial charge in [-0.2, -0.15) is 0 Å². The van der Waals surface area contributed by atoms with Crippen LogP contribution >= 0.6 is 34.4 Å². The van der Waals surface area contributed by atoms with Gasteiger partial charge in [0.1, 0.15) is 15.7 Å². The number of fused-ring (bicyclic) bond motifs is 3. The fourth-order valence-electron chi connectivity index (χ4n) is 3.36. The van der Waals surface area contributed by atoms with Gasteiger partial charge in [0.15, 0.2) is 0 Å². The molecule has 3 aromatic rings. The topological polar surface area (TPSA) is 54.9 Å². The number of carbonyl (C=O) groups excluding carboxylic acids is 1. The van der Waals surface area contributed by atoms with Gasteiger partial charge in [-0.3, -0.25) is 4.79 Å². The number of aromatic nitrogens is 2. The molecule has 0 bridgehead atoms. The molecule has 1 N–H and O–H groups in total. The number of hydrogen-bond acceptors (Lipinski definition) is 6. The number of rotatable bonds is 5. The van der Waals surface area contributed by atoms with Crippen molar-refractivity contribution in [3.63, 3.8) is 0 Å². The van der Waals surface area contributed by atoms with E-state index in [0.29, 0.717) is 5.75 Å². The molecule has 0 aliphatic heterocycles. The summed E-state index contributed by atoms with van der Waals surface area (Å²) in [7, 11) is 0. The Morgan fingerprint density at radius 1 is 1.35 bits per heavy atom. The molecule has 0 aromatic carbocycles. The van der Waals surface area contributed by atoms with Gasteiger partial charge in [-0.25, -0.2) is 9.97 Å². The fourth-order valence-corrected chi connectivity index (χ4v) is 6.37. The Balaban J connectivity index is 1.51. The lowest BCUT2D eigenvalue weighted by molar-refractivity contribution is -0.119. The molecule has 0 saturated carbocycles. The summed E-state index contributed by atoms with van der Waals surface area (Å²) < 4.78 is 0. The second kappa shape index (κ2) is 7.66. The van der Waals surface area contributed by atoms with Crippen LogP contribution in [0.3, 0.4) is 0 Å². The first-order valence-corrected chi connectivity index (χ1v) is 11.5. The van der Waals surface area contributed by atoms with Gasteiger partial charge in [-0.05, 0) is 56.5 Å². The number of aryl methyl sites for hydroxylation is 3. The van der Waals surface area contributed by atoms with Crippen molar-refractivity contribution in [3.05, 3.63) is 38.7 Å². The zero-order valence-electron chi connectivity index (χ0n) is 14.9. The molecular weight excluding hydrogens is 382 g/mol. The van der Waals surface area contributed by atoms with Gasteiger partial charge in [0.05, 0.1) is 11.8 Å². The van der Waals surface area contributed by atoms with Gasteiger partial charge in [-0.15, -0.1) is 22.7 Å². The van der Waals surface area contributed by atoms with Crippen molar-refractivity contribution in [2.75, 3.05) is 5.75 Å². The highest BCUT2D eigenvalue weighted by Crippen LogP contribution is 2.39. The van der Waals surface area contributed by atoms with E-state index in [4.69, 9.17) is 0 Å². The lowest BCUT2D eigenvalue weighted by Gasteiger charge is -2.13. The number of thioether (sulfide) groups is 1. The maximum absolute atomic E-state index is 12.4. The maximum Gasteiger partial charge on any atom is 0.230 e. The van der Waals surface area contributed by atoms with E-state index >= 15 is 0 Å². The number of amides is 1. The molecule has 1 aliphatic carbocycles. The third kappa shape index (κ3) is 3.66. The van der Waals surface area contributed by atoms with E-state index in [1.165, 1.54) is 45.3 Å². The predicted molar refractivity (Wildman–Crippen MR) is 110 cm³/mol. The molecule has 0 radical (unpaired) electrons. The fraction of sp³-hybridized carbons (Fsp3) is 0.421. The first-order valence-electron chi connectivity index (χ1n) is 8.86. The molecule has 0 spiro atoms. The predicted octanol–water partition coefficient (Wildman–Crippen LogP) is 4.91. The third-order valence-corrected chi connectivity index (χ3v) is 7.80. The number of nitrogens with one attached hydrogen (secondary N) is 1. The summed E-state index contributed by atoms with van der Waals surface area (Å²) in [6.07, 6.45) is 4.75. The highest BCUT2D eigenvalue weighted by molar-refractivity contribution is 8.00. The van der Waals surface area contributed by atoms with Crippen LogP contribution in [0.1, 0.15) is 46.9 Å². The minimum absolute atomic E-state index is 0.0455. The summed E-state index contributed by atoms with van der Waals surface area (Å²) in [5.74, 6) is 1.21. The van der Waals surface area contributed by atoms with E-state index in [0.717, 1.165) is 28.5 Å². The second-order valence-electron chi connectivity index (χ2n) is 6.56. The highest BCUT2D eigenvalue weighted by atomic mass is 32.2. The van der Waals surface area contributed by atoms with E-state index < -0.39 is 0 Å². The van der Waals surface area contributed by atoms with Crippen molar-refractivity contribution in [1.29, 1.82) is 0 Å². The molecule has 4 rings (SSSR count). The van der Waals surface area contributed by atoms with Crippen molar-refractivity contribution in [1.82, 2.24) is 15.3 Å². The zero-order valence-corrected chi connectivity index (χ0v) is 17.3. The molecule has 7 heteroatoms. The minimum atomic E-state index is 0.0455. The SMILES string of the molecule is Cc1nc(SCC(=O)N[C@@H](C)c2cccs2)c2c3c(sc2n1)CCCC3. The largest absolute Gasteiger partial charge is 0.348 e. The maximum atomic E-state index is 12.4. The normalized spacial score (nSPS) is 15.0. The van der Waals surface area contributed by atoms with Crippen LogP contribution in [0, 0.1) is 6.92 Å². The van der Waals surface area contributed by atoms with E-state index in [1.54, 1.807) is 11.3 Å². The Morgan fingerprint density at radius 3 is 3.00 bits per heavy atom. The van der Waals surface area contributed by atoms with Gasteiger partial charge in [0, 0.05) is 15.1 Å². The van der Waals surface area contributed by atoms with Crippen molar-refractivity contribution in [3.8, 4) is 0 Å². The number of hydrogen-bond donors (Lipinski definition) is 1. The second-order valence-corrected chi connectivity index (χ2v) is 9.59. The molecular formula is C19H21N3OS3. The molecule has 136 valence electrons. The van der Waals surface area contributed by atoms with Crippen LogP contribution in [-0.2, 0) is 17.6 Å². The molecule has 0 fully saturated rings. The van der Waals surface area contributed by atoms with Crippen molar-refractivity contribution in [2.45, 2.75) is 50.6 Å². The Labute approximate surface area is 165 Å². The van der Waals surface area contributed by atoms with Crippen LogP contribution < -0.4 is 5.32 Å². The first-order chi connectivity index (χ1) is 12.6. The molecule has 1 atom stereocenters. The molecule has 1 amide bonds. The van der Waals surface area contributed by atoms with Gasteiger partial charge in [0.25, 0.3) is 0 Å². The summed E-state index contributed by atoms with van der Waals surface area (Å²) in [4.78, 5) is 25.4. The summed E-state index contributed by atoms with van der Waals surface area (Å²) >= 11 is 5.01. The van der Waals surface area contributed by atoms with Crippen LogP contribution in [-0.4, -0.2) is 21.6 Å². The van der Waals surface area contributed by atoms with Crippen LogP contribution in [0.4, 0.5) is 0 Å². The molecule has 4 nitrogen and oxygen atoms in total. The van der Waals surface area contributed by atoms with Crippen molar-refractivity contribution >= 4 is 50.6 Å². The zero-order chi connectivity index (χ0) is 18.1. The average molecular weight is 404 g/mol. The Hall–Kier alpha value is -1.44. The molecule has 26 heavy (non-hydrogen) atoms. The van der Waals surface area contributed by atoms with Crippen LogP contribution in [0.5, 0.6) is 0 Å². The van der Waals surface area contributed by atoms with Gasteiger partial charge in [-0.1, -0.05) is 17.8 Å². The van der Waals surface area contributed by atoms with E-state index in [1.807, 2.05) is 36.6 Å². The quantitative estimate of drug-likeness (QED) is 0.486. The van der Waals surface area contributed by atoms with Gasteiger partial charge < -0.3 is 5.32 Å². The van der Waals surface area contributed by atoms with E-state index in [-0.39, 0.29) is 11.9 Å². The van der Waals surface area contributed by atoms with Crippen LogP contribution in [0.25, 0.3) is 10.2 Å². The van der Waals surface area contributed by atoms with Crippen LogP contribution in [0.15, 0.2) is 22.5 Å². The first kappa shape index (κ1) is 17.9. The monoisotopic (exact) mass is 403 g/mol. The van der Waals surface area contributed by atoms with E-state index in [2.05, 4.69) is 21.4 Å². The summed E-state index contributed by atoms with van der Waals surface area (Å²) in [5, 5.41) is 7.27. The smallest absolute Gasteiger partial charge is 0.230 e. The Kier molecular flexibility index (Phi) is 5.29. The number of nitrogens with zero attached hydrogens (tertiary/aromatic N) is 2. The standard InChI is InChI=1S/C19H21N3OS3/c1-11(14-8-5-9-24-14)20-16(23)10-25-18-17-13-6-3-4-7-15(13)26-19(17)22-12(2)21-18/h5,8-9,11H,3-4,6-7,10H2,1-2H3,(H,20,23)/t11-/m0/s1. The van der Waals surface area contributed by atoms with Gasteiger partial charge in [0.2, 0.25) is 5.91 Å². The minimum Gasteiger partial charge on any atom is -0.348 e. The summed E-state index contributed by atoms with van der Waals surface area (Å²) in [6, 6.07) is 4.11. The number of carbonyl (C=O) groups is 1. The molecule has 0 saturated heterocycles. The third-order valence-electron chi connectivity index (χ3n) is 4.58. The lowest BCUT2D eigenvalue weighted by atomic mass is 9.97. The van der Waals surface area contributed by atoms with E-state index in [9.17, 15) is 4.79 Å². The average Bonchev–Trinajstić information content (AvgIpc) is 3.26. The molecule has 1 aliphatic rings. The highest BCUT2D eigenvalue weighted by Gasteiger charge is 2.21. The summed E-state index contributed by atoms with van der Waals surface area (Å²) in [6.45, 7) is 3.96. The van der Waals surface area contributed by atoms with Crippen molar-refractivity contribution < 1.29 is 4.79 Å². The molecule has 3 aromatic heterocycles. The lowest BCUT2D eigenvalue weighted by Crippen LogP contribution is -2.27. The molecule has 3 heterocycles. The molecule has 0 unspecified atom stereocenters. The van der Waals surface area contributed by atoms with Gasteiger partial charge >= 0.3 is 0 Å². The summed E-state index contributed by atoms with van der Waals surface area (Å²) in [5.41, 5.74) is 1.42. The van der Waals surface area contributed by atoms with Crippen molar-refractivity contribution in [2.24, 2.45) is 0 Å². The Bertz CT molecular complexity index is 933.